The van der Waals surface area contributed by atoms with Crippen molar-refractivity contribution in [3.63, 3.8) is 0 Å². The van der Waals surface area contributed by atoms with Crippen LogP contribution in [0.15, 0.2) is 65.1 Å². The first-order valence-corrected chi connectivity index (χ1v) is 8.58. The van der Waals surface area contributed by atoms with Crippen molar-refractivity contribution in [3.8, 4) is 23.2 Å². The molecule has 0 radical (unpaired) electrons. The van der Waals surface area contributed by atoms with Crippen LogP contribution in [0.2, 0.25) is 0 Å². The summed E-state index contributed by atoms with van der Waals surface area (Å²) < 4.78 is 11.2. The van der Waals surface area contributed by atoms with Crippen molar-refractivity contribution in [2.24, 2.45) is 0 Å². The van der Waals surface area contributed by atoms with Crippen molar-refractivity contribution in [3.05, 3.63) is 77.7 Å². The highest BCUT2D eigenvalue weighted by Gasteiger charge is 2.13. The van der Waals surface area contributed by atoms with Crippen LogP contribution in [0.5, 0.6) is 5.75 Å². The molecule has 9 nitrogen and oxygen atoms in total. The van der Waals surface area contributed by atoms with Gasteiger partial charge >= 0.3 is 0 Å². The van der Waals surface area contributed by atoms with Crippen molar-refractivity contribution < 1.29 is 13.9 Å². The highest BCUT2D eigenvalue weighted by Crippen LogP contribution is 2.20. The third kappa shape index (κ3) is 4.28. The van der Waals surface area contributed by atoms with Gasteiger partial charge in [0, 0.05) is 11.3 Å². The minimum absolute atomic E-state index is 0.159. The smallest absolute Gasteiger partial charge is 0.291 e. The zero-order valence-corrected chi connectivity index (χ0v) is 15.0. The van der Waals surface area contributed by atoms with Crippen molar-refractivity contribution in [1.82, 2.24) is 20.6 Å². The number of nitrogens with zero attached hydrogens (tertiary/aromatic N) is 4. The number of nitrogens with one attached hydrogen (secondary N) is 2. The van der Waals surface area contributed by atoms with Gasteiger partial charge in [0.2, 0.25) is 5.82 Å². The summed E-state index contributed by atoms with van der Waals surface area (Å²) in [4.78, 5) is 12.4. The molecule has 2 N–H and O–H groups in total. The molecular weight excluding hydrogens is 372 g/mol. The fraction of sp³-hybridized carbons (Fsp3) is 0.0500. The SMILES string of the molecule is N#Cc1ccc(OCc2ccc(C(=O)Nc3cccc(-c4nn[nH]n4)c3)o2)cc1. The first-order chi connectivity index (χ1) is 14.2. The molecule has 0 atom stereocenters. The standard InChI is InChI=1S/C20H14N6O3/c21-11-13-4-6-16(7-5-13)28-12-17-8-9-18(29-17)20(27)22-15-3-1-2-14(10-15)19-23-25-26-24-19/h1-10H,12H2,(H,22,27)(H,23,24,25,26). The molecule has 142 valence electrons. The van der Waals surface area contributed by atoms with Gasteiger partial charge < -0.3 is 14.5 Å². The van der Waals surface area contributed by atoms with Crippen LogP contribution in [0.25, 0.3) is 11.4 Å². The number of H-pyrrole nitrogens is 1. The van der Waals surface area contributed by atoms with E-state index in [2.05, 4.69) is 25.9 Å². The lowest BCUT2D eigenvalue weighted by atomic mass is 10.2. The first kappa shape index (κ1) is 17.9. The first-order valence-electron chi connectivity index (χ1n) is 8.58. The molecule has 0 spiro atoms. The highest BCUT2D eigenvalue weighted by atomic mass is 16.5. The Labute approximate surface area is 164 Å². The normalized spacial score (nSPS) is 10.3. The van der Waals surface area contributed by atoms with E-state index in [9.17, 15) is 4.79 Å². The molecule has 0 saturated heterocycles. The van der Waals surface area contributed by atoms with Crippen molar-refractivity contribution >= 4 is 11.6 Å². The van der Waals surface area contributed by atoms with E-state index >= 15 is 0 Å². The summed E-state index contributed by atoms with van der Waals surface area (Å²) in [6.07, 6.45) is 0. The van der Waals surface area contributed by atoms with Crippen LogP contribution in [-0.2, 0) is 6.61 Å². The maximum Gasteiger partial charge on any atom is 0.291 e. The van der Waals surface area contributed by atoms with Gasteiger partial charge in [0.15, 0.2) is 5.76 Å². The molecule has 0 saturated carbocycles. The van der Waals surface area contributed by atoms with E-state index in [0.717, 1.165) is 0 Å². The monoisotopic (exact) mass is 386 g/mol. The van der Waals surface area contributed by atoms with Gasteiger partial charge in [-0.3, -0.25) is 4.79 Å². The molecule has 2 aromatic carbocycles. The molecule has 29 heavy (non-hydrogen) atoms. The summed E-state index contributed by atoms with van der Waals surface area (Å²) in [5.41, 5.74) is 1.84. The average Bonchev–Trinajstić information content (AvgIpc) is 3.45. The Kier molecular flexibility index (Phi) is 4.98. The van der Waals surface area contributed by atoms with E-state index in [1.165, 1.54) is 0 Å². The van der Waals surface area contributed by atoms with Crippen LogP contribution in [0, 0.1) is 11.3 Å². The average molecular weight is 386 g/mol. The molecule has 0 fully saturated rings. The summed E-state index contributed by atoms with van der Waals surface area (Å²) in [6, 6.07) is 19.1. The lowest BCUT2D eigenvalue weighted by molar-refractivity contribution is 0.0992. The Bertz CT molecular complexity index is 1160. The predicted molar refractivity (Wildman–Crippen MR) is 102 cm³/mol. The van der Waals surface area contributed by atoms with Gasteiger partial charge in [-0.25, -0.2) is 0 Å². The van der Waals surface area contributed by atoms with Gasteiger partial charge in [-0.1, -0.05) is 12.1 Å². The second-order valence-corrected chi connectivity index (χ2v) is 5.96. The summed E-state index contributed by atoms with van der Waals surface area (Å²) in [7, 11) is 0. The number of tetrazole rings is 1. The number of hydrogen-bond acceptors (Lipinski definition) is 7. The van der Waals surface area contributed by atoms with E-state index in [-0.39, 0.29) is 18.3 Å². The topological polar surface area (TPSA) is 130 Å². The van der Waals surface area contributed by atoms with E-state index < -0.39 is 0 Å². The molecule has 0 aliphatic rings. The number of amides is 1. The van der Waals surface area contributed by atoms with Crippen LogP contribution in [0.3, 0.4) is 0 Å². The number of anilines is 1. The lowest BCUT2D eigenvalue weighted by Crippen LogP contribution is -2.10. The van der Waals surface area contributed by atoms with Crippen LogP contribution in [0.4, 0.5) is 5.69 Å². The quantitative estimate of drug-likeness (QED) is 0.520. The van der Waals surface area contributed by atoms with Gasteiger partial charge in [0.05, 0.1) is 11.6 Å². The van der Waals surface area contributed by atoms with Crippen molar-refractivity contribution in [2.75, 3.05) is 5.32 Å². The molecule has 2 aromatic heterocycles. The zero-order chi connectivity index (χ0) is 20.1. The largest absolute Gasteiger partial charge is 0.486 e. The second-order valence-electron chi connectivity index (χ2n) is 5.96. The fourth-order valence-electron chi connectivity index (χ4n) is 2.57. The van der Waals surface area contributed by atoms with Gasteiger partial charge in [-0.2, -0.15) is 10.5 Å². The predicted octanol–water partition coefficient (Wildman–Crippen LogP) is 3.16. The minimum atomic E-state index is -0.389. The van der Waals surface area contributed by atoms with E-state index in [1.807, 2.05) is 12.1 Å². The molecule has 4 rings (SSSR count). The van der Waals surface area contributed by atoms with Gasteiger partial charge in [-0.15, -0.1) is 10.2 Å². The maximum absolute atomic E-state index is 12.4. The molecule has 0 bridgehead atoms. The van der Waals surface area contributed by atoms with Crippen molar-refractivity contribution in [1.29, 1.82) is 5.26 Å². The number of rotatable bonds is 6. The number of ether oxygens (including phenoxy) is 1. The fourth-order valence-corrected chi connectivity index (χ4v) is 2.57. The van der Waals surface area contributed by atoms with Crippen LogP contribution in [-0.4, -0.2) is 26.5 Å². The number of aromatic nitrogens is 4. The highest BCUT2D eigenvalue weighted by molar-refractivity contribution is 6.02. The summed E-state index contributed by atoms with van der Waals surface area (Å²) in [6.45, 7) is 0.159. The number of carbonyl (C=O) groups is 1. The Morgan fingerprint density at radius 3 is 2.79 bits per heavy atom. The molecule has 0 unspecified atom stereocenters. The second kappa shape index (κ2) is 8.06. The molecular formula is C20H14N6O3. The third-order valence-corrected chi connectivity index (χ3v) is 3.97. The van der Waals surface area contributed by atoms with Gasteiger partial charge in [-0.05, 0) is 53.7 Å². The van der Waals surface area contributed by atoms with Gasteiger partial charge in [0.25, 0.3) is 5.91 Å². The Balaban J connectivity index is 1.38. The lowest BCUT2D eigenvalue weighted by Gasteiger charge is -2.05. The maximum atomic E-state index is 12.4. The Morgan fingerprint density at radius 1 is 1.17 bits per heavy atom. The number of furan rings is 1. The summed E-state index contributed by atoms with van der Waals surface area (Å²) >= 11 is 0. The van der Waals surface area contributed by atoms with Crippen LogP contribution in [0.1, 0.15) is 21.9 Å². The van der Waals surface area contributed by atoms with Crippen LogP contribution >= 0.6 is 0 Å². The Morgan fingerprint density at radius 2 is 2.03 bits per heavy atom. The summed E-state index contributed by atoms with van der Waals surface area (Å²) in [5.74, 6) is 1.30. The van der Waals surface area contributed by atoms with E-state index in [0.29, 0.717) is 34.1 Å². The molecule has 1 amide bonds. The van der Waals surface area contributed by atoms with Crippen LogP contribution < -0.4 is 10.1 Å². The Hall–Kier alpha value is -4.45. The summed E-state index contributed by atoms with van der Waals surface area (Å²) in [5, 5.41) is 25.3. The van der Waals surface area contributed by atoms with Gasteiger partial charge in [0.1, 0.15) is 18.1 Å². The van der Waals surface area contributed by atoms with Crippen molar-refractivity contribution in [2.45, 2.75) is 6.61 Å². The molecule has 0 aliphatic heterocycles. The molecule has 4 aromatic rings. The number of benzene rings is 2. The van der Waals surface area contributed by atoms with E-state index in [4.69, 9.17) is 14.4 Å². The molecule has 2 heterocycles. The molecule has 0 aliphatic carbocycles. The number of hydrogen-bond donors (Lipinski definition) is 2. The molecule has 9 heteroatoms. The van der Waals surface area contributed by atoms with E-state index in [1.54, 1.807) is 54.6 Å². The third-order valence-electron chi connectivity index (χ3n) is 3.97. The minimum Gasteiger partial charge on any atom is -0.486 e. The number of carbonyl (C=O) groups excluding carboxylic acids is 1. The zero-order valence-electron chi connectivity index (χ0n) is 15.0. The number of aromatic amines is 1. The number of nitriles is 1.